The molecule has 2 heterocycles. The Morgan fingerprint density at radius 2 is 1.47 bits per heavy atom. The molecule has 0 spiro atoms. The molecule has 0 atom stereocenters. The quantitative estimate of drug-likeness (QED) is 0.106. The van der Waals surface area contributed by atoms with Crippen molar-refractivity contribution in [1.29, 1.82) is 0 Å². The average molecular weight is 746 g/mol. The Balaban J connectivity index is 1.11. The second kappa shape index (κ2) is 23.1. The molecule has 2 amide bonds. The first kappa shape index (κ1) is 41.1. The maximum absolute atomic E-state index is 13.0. The third kappa shape index (κ3) is 13.7. The molecule has 0 aliphatic carbocycles. The van der Waals surface area contributed by atoms with Crippen LogP contribution in [0.4, 0.5) is 16.2 Å². The molecule has 1 saturated heterocycles. The zero-order chi connectivity index (χ0) is 36.3. The van der Waals surface area contributed by atoms with Crippen LogP contribution in [-0.4, -0.2) is 81.0 Å². The van der Waals surface area contributed by atoms with E-state index in [1.54, 1.807) is 9.80 Å². The van der Waals surface area contributed by atoms with Crippen molar-refractivity contribution in [2.45, 2.75) is 117 Å². The van der Waals surface area contributed by atoms with Gasteiger partial charge in [0.25, 0.3) is 0 Å². The summed E-state index contributed by atoms with van der Waals surface area (Å²) in [5.41, 5.74) is 2.85. The highest BCUT2D eigenvalue weighted by Crippen LogP contribution is 2.33. The number of hydrogen-bond donors (Lipinski definition) is 0. The minimum absolute atomic E-state index is 0.0332. The van der Waals surface area contributed by atoms with Gasteiger partial charge >= 0.3 is 6.09 Å². The van der Waals surface area contributed by atoms with Gasteiger partial charge in [0.15, 0.2) is 6.73 Å². The fraction of sp³-hybridized carbons (Fsp3) is 0.659. The van der Waals surface area contributed by atoms with Crippen molar-refractivity contribution < 1.29 is 19.1 Å². The minimum Gasteiger partial charge on any atom is -0.494 e. The minimum atomic E-state index is -0.359. The van der Waals surface area contributed by atoms with E-state index in [9.17, 15) is 9.59 Å². The molecule has 0 aromatic heterocycles. The van der Waals surface area contributed by atoms with Gasteiger partial charge in [0.05, 0.1) is 28.0 Å². The molecule has 0 radical (unpaired) electrons. The van der Waals surface area contributed by atoms with Crippen molar-refractivity contribution in [3.63, 3.8) is 0 Å². The molecule has 0 saturated carbocycles. The normalized spacial score (nSPS) is 14.9. The lowest BCUT2D eigenvalue weighted by Gasteiger charge is -2.36. The highest BCUT2D eigenvalue weighted by Gasteiger charge is 2.27. The van der Waals surface area contributed by atoms with Gasteiger partial charge in [0.1, 0.15) is 5.75 Å². The Labute approximate surface area is 317 Å². The van der Waals surface area contributed by atoms with Crippen molar-refractivity contribution in [3.05, 3.63) is 52.0 Å². The molecule has 0 N–H and O–H groups in total. The molecule has 1 fully saturated rings. The number of rotatable bonds is 23. The highest BCUT2D eigenvalue weighted by molar-refractivity contribution is 6.43. The van der Waals surface area contributed by atoms with Gasteiger partial charge < -0.3 is 19.3 Å². The number of aryl methyl sites for hydroxylation is 1. The molecule has 8 nitrogen and oxygen atoms in total. The third-order valence-corrected chi connectivity index (χ3v) is 11.1. The molecule has 2 aromatic rings. The summed E-state index contributed by atoms with van der Waals surface area (Å²) < 4.78 is 11.8. The Bertz CT molecular complexity index is 1340. The standard InChI is InChI=1S/C41H62Cl2N4O4/c1-3-5-6-7-8-9-10-11-12-13-14-15-26-45(4-2)41(49)51-33-47-38-32-35(23-21-34(38)22-24-39(47)48)50-31-17-16-25-44-27-29-46(30-28-44)37-20-18-19-36(42)40(37)43/h18-21,23,32H,3-17,22,24-31,33H2,1-2H3. The van der Waals surface area contributed by atoms with Gasteiger partial charge in [-0.2, -0.15) is 0 Å². The number of carbonyl (C=O) groups excluding carboxylic acids is 2. The number of nitrogens with zero attached hydrogens (tertiary/aromatic N) is 4. The molecular weight excluding hydrogens is 683 g/mol. The Morgan fingerprint density at radius 3 is 2.16 bits per heavy atom. The SMILES string of the molecule is CCCCCCCCCCCCCCN(CC)C(=O)OCN1C(=O)CCc2ccc(OCCCCN3CCN(c4cccc(Cl)c4Cl)CC3)cc21. The van der Waals surface area contributed by atoms with Gasteiger partial charge in [-0.1, -0.05) is 113 Å². The topological polar surface area (TPSA) is 65.6 Å². The maximum atomic E-state index is 13.0. The first-order valence-corrected chi connectivity index (χ1v) is 20.6. The molecule has 284 valence electrons. The van der Waals surface area contributed by atoms with E-state index in [2.05, 4.69) is 16.7 Å². The number of halogens is 2. The molecule has 2 aliphatic rings. The van der Waals surface area contributed by atoms with E-state index >= 15 is 0 Å². The second-order valence-corrected chi connectivity index (χ2v) is 14.9. The lowest BCUT2D eigenvalue weighted by molar-refractivity contribution is -0.119. The first-order valence-electron chi connectivity index (χ1n) is 19.8. The van der Waals surface area contributed by atoms with Crippen LogP contribution in [0, 0.1) is 0 Å². The van der Waals surface area contributed by atoms with Crippen LogP contribution in [0.2, 0.25) is 10.0 Å². The van der Waals surface area contributed by atoms with E-state index in [4.69, 9.17) is 32.7 Å². The van der Waals surface area contributed by atoms with Gasteiger partial charge in [-0.05, 0) is 62.9 Å². The fourth-order valence-corrected chi connectivity index (χ4v) is 7.47. The Morgan fingerprint density at radius 1 is 0.784 bits per heavy atom. The van der Waals surface area contributed by atoms with Gasteiger partial charge in [0.2, 0.25) is 5.91 Å². The van der Waals surface area contributed by atoms with Gasteiger partial charge in [-0.3, -0.25) is 14.6 Å². The van der Waals surface area contributed by atoms with Gasteiger partial charge in [0, 0.05) is 51.8 Å². The second-order valence-electron chi connectivity index (χ2n) is 14.1. The van der Waals surface area contributed by atoms with Crippen LogP contribution in [-0.2, 0) is 16.0 Å². The van der Waals surface area contributed by atoms with Crippen molar-refractivity contribution in [2.24, 2.45) is 0 Å². The number of ether oxygens (including phenoxy) is 2. The van der Waals surface area contributed by atoms with Crippen molar-refractivity contribution in [1.82, 2.24) is 9.80 Å². The predicted octanol–water partition coefficient (Wildman–Crippen LogP) is 10.4. The zero-order valence-corrected chi connectivity index (χ0v) is 32.8. The lowest BCUT2D eigenvalue weighted by atomic mass is 10.0. The summed E-state index contributed by atoms with van der Waals surface area (Å²) in [5.74, 6) is 0.697. The van der Waals surface area contributed by atoms with Crippen molar-refractivity contribution in [2.75, 3.05) is 69.0 Å². The van der Waals surface area contributed by atoms with Gasteiger partial charge in [-0.25, -0.2) is 4.79 Å². The number of anilines is 2. The van der Waals surface area contributed by atoms with Crippen molar-refractivity contribution >= 4 is 46.6 Å². The van der Waals surface area contributed by atoms with Crippen LogP contribution in [0.5, 0.6) is 5.75 Å². The summed E-state index contributed by atoms with van der Waals surface area (Å²) in [6.07, 6.45) is 18.1. The fourth-order valence-electron chi connectivity index (χ4n) is 7.06. The van der Waals surface area contributed by atoms with Crippen LogP contribution >= 0.6 is 23.2 Å². The number of unbranched alkanes of at least 4 members (excludes halogenated alkanes) is 12. The molecule has 2 aromatic carbocycles. The van der Waals surface area contributed by atoms with Crippen LogP contribution < -0.4 is 14.5 Å². The Kier molecular flexibility index (Phi) is 18.6. The smallest absolute Gasteiger partial charge is 0.411 e. The summed E-state index contributed by atoms with van der Waals surface area (Å²) >= 11 is 12.7. The molecule has 51 heavy (non-hydrogen) atoms. The summed E-state index contributed by atoms with van der Waals surface area (Å²) in [6, 6.07) is 11.7. The van der Waals surface area contributed by atoms with Gasteiger partial charge in [-0.15, -0.1) is 0 Å². The summed E-state index contributed by atoms with van der Waals surface area (Å²) in [5, 5.41) is 1.22. The molecule has 0 unspecified atom stereocenters. The van der Waals surface area contributed by atoms with E-state index in [0.29, 0.717) is 42.6 Å². The summed E-state index contributed by atoms with van der Waals surface area (Å²) in [7, 11) is 0. The number of piperazine rings is 1. The number of hydrogen-bond acceptors (Lipinski definition) is 6. The molecule has 4 rings (SSSR count). The molecule has 0 bridgehead atoms. The van der Waals surface area contributed by atoms with E-state index in [1.165, 1.54) is 64.2 Å². The Hall–Kier alpha value is -2.68. The number of amides is 2. The van der Waals surface area contributed by atoms with Crippen LogP contribution in [0.25, 0.3) is 0 Å². The van der Waals surface area contributed by atoms with E-state index in [1.807, 2.05) is 43.3 Å². The van der Waals surface area contributed by atoms with Crippen molar-refractivity contribution in [3.8, 4) is 5.75 Å². The van der Waals surface area contributed by atoms with E-state index in [-0.39, 0.29) is 18.7 Å². The number of benzene rings is 2. The number of carbonyl (C=O) groups is 2. The predicted molar refractivity (Wildman–Crippen MR) is 212 cm³/mol. The van der Waals surface area contributed by atoms with Crippen LogP contribution in [0.1, 0.15) is 116 Å². The van der Waals surface area contributed by atoms with Crippen LogP contribution in [0.15, 0.2) is 36.4 Å². The molecular formula is C41H62Cl2N4O4. The monoisotopic (exact) mass is 744 g/mol. The summed E-state index contributed by atoms with van der Waals surface area (Å²) in [6.45, 7) is 10.9. The maximum Gasteiger partial charge on any atom is 0.411 e. The molecule has 10 heteroatoms. The number of fused-ring (bicyclic) bond motifs is 1. The largest absolute Gasteiger partial charge is 0.494 e. The third-order valence-electron chi connectivity index (χ3n) is 10.3. The highest BCUT2D eigenvalue weighted by atomic mass is 35.5. The van der Waals surface area contributed by atoms with Crippen LogP contribution in [0.3, 0.4) is 0 Å². The lowest BCUT2D eigenvalue weighted by Crippen LogP contribution is -2.46. The van der Waals surface area contributed by atoms with E-state index < -0.39 is 0 Å². The first-order chi connectivity index (χ1) is 24.9. The average Bonchev–Trinajstić information content (AvgIpc) is 3.14. The zero-order valence-electron chi connectivity index (χ0n) is 31.3. The van der Waals surface area contributed by atoms with E-state index in [0.717, 1.165) is 81.1 Å². The molecule has 2 aliphatic heterocycles. The summed E-state index contributed by atoms with van der Waals surface area (Å²) in [4.78, 5) is 34.1.